The SMILES string of the molecule is Cn1ccnc1CCn1c(N)nc2cc(Br)c(F)cc21. The topological polar surface area (TPSA) is 61.7 Å². The summed E-state index contributed by atoms with van der Waals surface area (Å²) in [5, 5.41) is 0. The van der Waals surface area contributed by atoms with Crippen LogP contribution in [0, 0.1) is 5.82 Å². The van der Waals surface area contributed by atoms with Crippen LogP contribution < -0.4 is 5.73 Å². The van der Waals surface area contributed by atoms with E-state index in [4.69, 9.17) is 5.73 Å². The van der Waals surface area contributed by atoms with Gasteiger partial charge >= 0.3 is 0 Å². The summed E-state index contributed by atoms with van der Waals surface area (Å²) in [5.74, 6) is 1.01. The first-order chi connectivity index (χ1) is 9.56. The Morgan fingerprint density at radius 3 is 2.90 bits per heavy atom. The number of halogens is 2. The predicted molar refractivity (Wildman–Crippen MR) is 78.7 cm³/mol. The number of nitrogen functional groups attached to an aromatic ring is 1. The van der Waals surface area contributed by atoms with Crippen molar-refractivity contribution in [2.24, 2.45) is 7.05 Å². The first-order valence-electron chi connectivity index (χ1n) is 6.13. The van der Waals surface area contributed by atoms with Gasteiger partial charge in [0, 0.05) is 38.5 Å². The minimum atomic E-state index is -0.323. The van der Waals surface area contributed by atoms with Crippen molar-refractivity contribution < 1.29 is 4.39 Å². The normalized spacial score (nSPS) is 11.3. The molecule has 0 amide bonds. The van der Waals surface area contributed by atoms with E-state index in [0.29, 0.717) is 34.4 Å². The molecule has 0 radical (unpaired) electrons. The fourth-order valence-corrected chi connectivity index (χ4v) is 2.55. The zero-order valence-corrected chi connectivity index (χ0v) is 12.4. The summed E-state index contributed by atoms with van der Waals surface area (Å²) in [6.45, 7) is 0.605. The third-order valence-electron chi connectivity index (χ3n) is 3.30. The monoisotopic (exact) mass is 337 g/mol. The van der Waals surface area contributed by atoms with Gasteiger partial charge in [-0.1, -0.05) is 0 Å². The number of aromatic nitrogens is 4. The van der Waals surface area contributed by atoms with Crippen LogP contribution in [0.25, 0.3) is 11.0 Å². The molecule has 7 heteroatoms. The molecule has 2 N–H and O–H groups in total. The number of nitrogens with zero attached hydrogens (tertiary/aromatic N) is 4. The second-order valence-corrected chi connectivity index (χ2v) is 5.44. The Bertz CT molecular complexity index is 777. The highest BCUT2D eigenvalue weighted by Crippen LogP contribution is 2.25. The fourth-order valence-electron chi connectivity index (χ4n) is 2.22. The maximum atomic E-state index is 13.7. The Balaban J connectivity index is 1.97. The van der Waals surface area contributed by atoms with Gasteiger partial charge in [-0.05, 0) is 22.0 Å². The summed E-state index contributed by atoms with van der Waals surface area (Å²) >= 11 is 3.15. The molecule has 2 heterocycles. The number of rotatable bonds is 3. The van der Waals surface area contributed by atoms with Gasteiger partial charge in [0.2, 0.25) is 5.95 Å². The number of fused-ring (bicyclic) bond motifs is 1. The molecule has 0 aliphatic carbocycles. The van der Waals surface area contributed by atoms with Crippen LogP contribution >= 0.6 is 15.9 Å². The smallest absolute Gasteiger partial charge is 0.201 e. The molecule has 0 spiro atoms. The van der Waals surface area contributed by atoms with Crippen molar-refractivity contribution in [1.82, 2.24) is 19.1 Å². The van der Waals surface area contributed by atoms with Gasteiger partial charge in [-0.2, -0.15) is 0 Å². The molecule has 20 heavy (non-hydrogen) atoms. The molecule has 0 saturated heterocycles. The van der Waals surface area contributed by atoms with E-state index in [-0.39, 0.29) is 5.82 Å². The minimum absolute atomic E-state index is 0.323. The zero-order valence-electron chi connectivity index (χ0n) is 10.8. The van der Waals surface area contributed by atoms with Crippen molar-refractivity contribution in [3.05, 3.63) is 40.6 Å². The van der Waals surface area contributed by atoms with E-state index in [2.05, 4.69) is 25.9 Å². The van der Waals surface area contributed by atoms with Gasteiger partial charge in [-0.3, -0.25) is 0 Å². The van der Waals surface area contributed by atoms with Crippen LogP contribution in [0.2, 0.25) is 0 Å². The molecule has 1 aromatic carbocycles. The molecule has 2 aromatic heterocycles. The standard InChI is InChI=1S/C13H13BrFN5/c1-19-5-3-17-12(19)2-4-20-11-7-9(15)8(14)6-10(11)18-13(20)16/h3,5-7H,2,4H2,1H3,(H2,16,18). The lowest BCUT2D eigenvalue weighted by molar-refractivity contribution is 0.620. The van der Waals surface area contributed by atoms with Crippen molar-refractivity contribution >= 4 is 32.9 Å². The van der Waals surface area contributed by atoms with Crippen molar-refractivity contribution in [3.8, 4) is 0 Å². The number of anilines is 1. The Morgan fingerprint density at radius 2 is 2.20 bits per heavy atom. The number of hydrogen-bond donors (Lipinski definition) is 1. The van der Waals surface area contributed by atoms with Crippen LogP contribution in [0.3, 0.4) is 0 Å². The lowest BCUT2D eigenvalue weighted by Crippen LogP contribution is -2.08. The fraction of sp³-hybridized carbons (Fsp3) is 0.231. The lowest BCUT2D eigenvalue weighted by atomic mass is 10.3. The van der Waals surface area contributed by atoms with E-state index < -0.39 is 0 Å². The molecule has 3 aromatic rings. The molecule has 0 saturated carbocycles. The second kappa shape index (κ2) is 4.90. The summed E-state index contributed by atoms with van der Waals surface area (Å²) in [5.41, 5.74) is 7.29. The van der Waals surface area contributed by atoms with Crippen LogP contribution in [-0.4, -0.2) is 19.1 Å². The van der Waals surface area contributed by atoms with Gasteiger partial charge in [0.05, 0.1) is 15.5 Å². The highest BCUT2D eigenvalue weighted by Gasteiger charge is 2.12. The van der Waals surface area contributed by atoms with E-state index in [1.807, 2.05) is 17.8 Å². The highest BCUT2D eigenvalue weighted by atomic mass is 79.9. The van der Waals surface area contributed by atoms with E-state index in [1.54, 1.807) is 16.8 Å². The molecule has 3 rings (SSSR count). The number of benzene rings is 1. The molecule has 5 nitrogen and oxygen atoms in total. The largest absolute Gasteiger partial charge is 0.369 e. The third-order valence-corrected chi connectivity index (χ3v) is 3.91. The van der Waals surface area contributed by atoms with Crippen molar-refractivity contribution in [2.45, 2.75) is 13.0 Å². The van der Waals surface area contributed by atoms with Crippen LogP contribution in [0.4, 0.5) is 10.3 Å². The molecule has 0 unspecified atom stereocenters. The van der Waals surface area contributed by atoms with Crippen molar-refractivity contribution in [1.29, 1.82) is 0 Å². The maximum absolute atomic E-state index is 13.7. The van der Waals surface area contributed by atoms with Gasteiger partial charge in [-0.15, -0.1) is 0 Å². The maximum Gasteiger partial charge on any atom is 0.201 e. The molecule has 0 atom stereocenters. The van der Waals surface area contributed by atoms with Gasteiger partial charge < -0.3 is 14.9 Å². The second-order valence-electron chi connectivity index (χ2n) is 4.58. The predicted octanol–water partition coefficient (Wildman–Crippen LogP) is 2.50. The average molecular weight is 338 g/mol. The quantitative estimate of drug-likeness (QED) is 0.798. The van der Waals surface area contributed by atoms with Gasteiger partial charge in [0.15, 0.2) is 0 Å². The lowest BCUT2D eigenvalue weighted by Gasteiger charge is -2.07. The van der Waals surface area contributed by atoms with Gasteiger partial charge in [0.1, 0.15) is 11.6 Å². The highest BCUT2D eigenvalue weighted by molar-refractivity contribution is 9.10. The molecule has 0 bridgehead atoms. The van der Waals surface area contributed by atoms with E-state index in [9.17, 15) is 4.39 Å². The molecule has 0 aliphatic rings. The van der Waals surface area contributed by atoms with E-state index in [0.717, 1.165) is 5.82 Å². The zero-order chi connectivity index (χ0) is 14.3. The van der Waals surface area contributed by atoms with Gasteiger partial charge in [0.25, 0.3) is 0 Å². The molecular weight excluding hydrogens is 325 g/mol. The number of imidazole rings is 2. The van der Waals surface area contributed by atoms with Crippen LogP contribution in [0.1, 0.15) is 5.82 Å². The summed E-state index contributed by atoms with van der Waals surface area (Å²) in [4.78, 5) is 8.52. The summed E-state index contributed by atoms with van der Waals surface area (Å²) in [7, 11) is 1.94. The molecule has 104 valence electrons. The Labute approximate surface area is 123 Å². The Morgan fingerprint density at radius 1 is 1.40 bits per heavy atom. The Kier molecular flexibility index (Phi) is 3.21. The number of aryl methyl sites for hydroxylation is 3. The van der Waals surface area contributed by atoms with Crippen molar-refractivity contribution in [2.75, 3.05) is 5.73 Å². The van der Waals surface area contributed by atoms with Gasteiger partial charge in [-0.25, -0.2) is 14.4 Å². The first kappa shape index (κ1) is 13.1. The summed E-state index contributed by atoms with van der Waals surface area (Å²) < 4.78 is 17.8. The molecular formula is C13H13BrFN5. The minimum Gasteiger partial charge on any atom is -0.369 e. The third kappa shape index (κ3) is 2.18. The summed E-state index contributed by atoms with van der Waals surface area (Å²) in [6, 6.07) is 3.08. The number of hydrogen-bond acceptors (Lipinski definition) is 3. The average Bonchev–Trinajstić information content (AvgIpc) is 2.92. The van der Waals surface area contributed by atoms with Crippen LogP contribution in [-0.2, 0) is 20.0 Å². The van der Waals surface area contributed by atoms with E-state index >= 15 is 0 Å². The Hall–Kier alpha value is -1.89. The van der Waals surface area contributed by atoms with Crippen molar-refractivity contribution in [3.63, 3.8) is 0 Å². The van der Waals surface area contributed by atoms with E-state index in [1.165, 1.54) is 6.07 Å². The molecule has 0 fully saturated rings. The summed E-state index contributed by atoms with van der Waals surface area (Å²) in [6.07, 6.45) is 4.35. The number of nitrogens with two attached hydrogens (primary N) is 1. The first-order valence-corrected chi connectivity index (χ1v) is 6.92. The van der Waals surface area contributed by atoms with Crippen LogP contribution in [0.15, 0.2) is 29.0 Å². The van der Waals surface area contributed by atoms with Crippen LogP contribution in [0.5, 0.6) is 0 Å². The molecule has 0 aliphatic heterocycles.